The number of para-hydroxylation sites is 1. The fraction of sp³-hybridized carbons (Fsp3) is 0.118. The lowest BCUT2D eigenvalue weighted by atomic mass is 10.2. The van der Waals surface area contributed by atoms with Crippen LogP contribution in [0.2, 0.25) is 0 Å². The van der Waals surface area contributed by atoms with E-state index in [-0.39, 0.29) is 29.5 Å². The van der Waals surface area contributed by atoms with E-state index in [4.69, 9.17) is 10.8 Å². The number of carboxylic acids is 1. The van der Waals surface area contributed by atoms with Crippen molar-refractivity contribution in [2.24, 2.45) is 0 Å². The zero-order chi connectivity index (χ0) is 17.3. The monoisotopic (exact) mass is 342 g/mol. The summed E-state index contributed by atoms with van der Waals surface area (Å²) in [4.78, 5) is 37.7. The number of aromatic carboxylic acids is 1. The fourth-order valence-electron chi connectivity index (χ4n) is 2.49. The van der Waals surface area contributed by atoms with Gasteiger partial charge in [0, 0.05) is 17.0 Å². The normalized spacial score (nSPS) is 17.3. The summed E-state index contributed by atoms with van der Waals surface area (Å²) in [5.41, 5.74) is 6.73. The molecule has 0 aliphatic carbocycles. The average Bonchev–Trinajstić information content (AvgIpc) is 2.83. The van der Waals surface area contributed by atoms with Crippen molar-refractivity contribution in [1.82, 2.24) is 0 Å². The maximum Gasteiger partial charge on any atom is 0.335 e. The van der Waals surface area contributed by atoms with Crippen LogP contribution >= 0.6 is 11.8 Å². The van der Waals surface area contributed by atoms with Crippen molar-refractivity contribution in [2.75, 3.05) is 10.6 Å². The van der Waals surface area contributed by atoms with E-state index in [0.717, 1.165) is 9.80 Å². The first-order chi connectivity index (χ1) is 11.5. The number of benzene rings is 2. The molecule has 1 atom stereocenters. The van der Waals surface area contributed by atoms with Gasteiger partial charge in [-0.15, -0.1) is 11.8 Å². The van der Waals surface area contributed by atoms with Crippen molar-refractivity contribution in [3.8, 4) is 0 Å². The van der Waals surface area contributed by atoms with Crippen molar-refractivity contribution in [3.05, 3.63) is 54.1 Å². The Morgan fingerprint density at radius 1 is 1.17 bits per heavy atom. The van der Waals surface area contributed by atoms with Crippen LogP contribution in [-0.2, 0) is 9.59 Å². The van der Waals surface area contributed by atoms with Gasteiger partial charge in [0.25, 0.3) is 0 Å². The number of rotatable bonds is 4. The number of imide groups is 1. The number of thioether (sulfide) groups is 1. The molecule has 0 spiro atoms. The topological polar surface area (TPSA) is 101 Å². The molecular formula is C17H14N2O4S. The quantitative estimate of drug-likeness (QED) is 0.653. The Morgan fingerprint density at radius 2 is 1.92 bits per heavy atom. The van der Waals surface area contributed by atoms with Crippen LogP contribution in [-0.4, -0.2) is 28.1 Å². The third-order valence-electron chi connectivity index (χ3n) is 3.64. The van der Waals surface area contributed by atoms with Crippen LogP contribution in [0, 0.1) is 0 Å². The highest BCUT2D eigenvalue weighted by Gasteiger charge is 2.40. The maximum atomic E-state index is 12.6. The Balaban J connectivity index is 1.86. The molecule has 1 heterocycles. The molecule has 0 saturated carbocycles. The van der Waals surface area contributed by atoms with Crippen LogP contribution in [0.25, 0.3) is 0 Å². The molecule has 1 aliphatic rings. The van der Waals surface area contributed by atoms with Crippen LogP contribution in [0.15, 0.2) is 53.4 Å². The second-order valence-electron chi connectivity index (χ2n) is 5.27. The van der Waals surface area contributed by atoms with Gasteiger partial charge in [-0.1, -0.05) is 18.2 Å². The molecule has 2 aromatic rings. The molecular weight excluding hydrogens is 328 g/mol. The molecule has 3 N–H and O–H groups in total. The molecule has 2 amide bonds. The number of carbonyl (C=O) groups excluding carboxylic acids is 2. The molecule has 24 heavy (non-hydrogen) atoms. The maximum absolute atomic E-state index is 12.6. The minimum Gasteiger partial charge on any atom is -0.478 e. The standard InChI is InChI=1S/C17H14N2O4S/c18-12-6-1-2-7-13(12)24-14-9-15(20)19(16(14)21)11-5-3-4-10(8-11)17(22)23/h1-8,14H,9,18H2,(H,22,23). The molecule has 0 aromatic heterocycles. The third-order valence-corrected chi connectivity index (χ3v) is 4.92. The summed E-state index contributed by atoms with van der Waals surface area (Å²) in [6.07, 6.45) is 0.0507. The average molecular weight is 342 g/mol. The second-order valence-corrected chi connectivity index (χ2v) is 6.52. The molecule has 7 heteroatoms. The van der Waals surface area contributed by atoms with Crippen LogP contribution in [0.1, 0.15) is 16.8 Å². The number of nitrogens with zero attached hydrogens (tertiary/aromatic N) is 1. The largest absolute Gasteiger partial charge is 0.478 e. The molecule has 0 radical (unpaired) electrons. The van der Waals surface area contributed by atoms with Gasteiger partial charge in [0.1, 0.15) is 0 Å². The Labute approximate surface area is 142 Å². The summed E-state index contributed by atoms with van der Waals surface area (Å²) in [7, 11) is 0. The van der Waals surface area contributed by atoms with E-state index in [0.29, 0.717) is 5.69 Å². The second kappa shape index (κ2) is 6.37. The summed E-state index contributed by atoms with van der Waals surface area (Å²) in [6, 6.07) is 12.9. The van der Waals surface area contributed by atoms with Gasteiger partial charge >= 0.3 is 5.97 Å². The lowest BCUT2D eigenvalue weighted by Crippen LogP contribution is -2.31. The molecule has 122 valence electrons. The molecule has 3 rings (SSSR count). The van der Waals surface area contributed by atoms with Gasteiger partial charge in [0.05, 0.1) is 16.5 Å². The van der Waals surface area contributed by atoms with Crippen molar-refractivity contribution in [3.63, 3.8) is 0 Å². The summed E-state index contributed by atoms with van der Waals surface area (Å²) >= 11 is 1.25. The Kier molecular flexibility index (Phi) is 4.26. The van der Waals surface area contributed by atoms with Crippen molar-refractivity contribution in [1.29, 1.82) is 0 Å². The van der Waals surface area contributed by atoms with E-state index in [1.54, 1.807) is 24.3 Å². The predicted octanol–water partition coefficient (Wildman–Crippen LogP) is 2.39. The molecule has 1 saturated heterocycles. The van der Waals surface area contributed by atoms with Gasteiger partial charge in [-0.2, -0.15) is 0 Å². The van der Waals surface area contributed by atoms with Gasteiger partial charge in [0.2, 0.25) is 11.8 Å². The lowest BCUT2D eigenvalue weighted by Gasteiger charge is -2.15. The highest BCUT2D eigenvalue weighted by Crippen LogP contribution is 2.36. The molecule has 0 bridgehead atoms. The van der Waals surface area contributed by atoms with Crippen LogP contribution < -0.4 is 10.6 Å². The minimum absolute atomic E-state index is 0.0245. The molecule has 1 aliphatic heterocycles. The summed E-state index contributed by atoms with van der Waals surface area (Å²) in [5.74, 6) is -1.83. The lowest BCUT2D eigenvalue weighted by molar-refractivity contribution is -0.121. The minimum atomic E-state index is -1.11. The van der Waals surface area contributed by atoms with Crippen molar-refractivity contribution in [2.45, 2.75) is 16.6 Å². The number of anilines is 2. The highest BCUT2D eigenvalue weighted by molar-refractivity contribution is 8.00. The molecule has 2 aromatic carbocycles. The zero-order valence-electron chi connectivity index (χ0n) is 12.5. The van der Waals surface area contributed by atoms with Crippen molar-refractivity contribution < 1.29 is 19.5 Å². The number of carbonyl (C=O) groups is 3. The van der Waals surface area contributed by atoms with E-state index in [1.807, 2.05) is 6.07 Å². The van der Waals surface area contributed by atoms with E-state index < -0.39 is 11.2 Å². The first kappa shape index (κ1) is 16.1. The van der Waals surface area contributed by atoms with Gasteiger partial charge < -0.3 is 10.8 Å². The number of amides is 2. The Morgan fingerprint density at radius 3 is 2.62 bits per heavy atom. The van der Waals surface area contributed by atoms with E-state index in [2.05, 4.69) is 0 Å². The van der Waals surface area contributed by atoms with E-state index >= 15 is 0 Å². The number of carboxylic acid groups (broad SMARTS) is 1. The van der Waals surface area contributed by atoms with E-state index in [9.17, 15) is 14.4 Å². The molecule has 6 nitrogen and oxygen atoms in total. The number of nitrogens with two attached hydrogens (primary N) is 1. The van der Waals surface area contributed by atoms with Crippen LogP contribution in [0.3, 0.4) is 0 Å². The van der Waals surface area contributed by atoms with Gasteiger partial charge in [-0.05, 0) is 30.3 Å². The SMILES string of the molecule is Nc1ccccc1SC1CC(=O)N(c2cccc(C(=O)O)c2)C1=O. The van der Waals surface area contributed by atoms with Crippen LogP contribution in [0.4, 0.5) is 11.4 Å². The van der Waals surface area contributed by atoms with Crippen LogP contribution in [0.5, 0.6) is 0 Å². The summed E-state index contributed by atoms with van der Waals surface area (Å²) < 4.78 is 0. The first-order valence-corrected chi connectivity index (χ1v) is 8.06. The zero-order valence-corrected chi connectivity index (χ0v) is 13.3. The Hall–Kier alpha value is -2.80. The van der Waals surface area contributed by atoms with Gasteiger partial charge in [0.15, 0.2) is 0 Å². The first-order valence-electron chi connectivity index (χ1n) is 7.18. The Bertz CT molecular complexity index is 837. The molecule has 1 unspecified atom stereocenters. The summed E-state index contributed by atoms with van der Waals surface area (Å²) in [6.45, 7) is 0. The smallest absolute Gasteiger partial charge is 0.335 e. The third kappa shape index (κ3) is 2.98. The number of hydrogen-bond acceptors (Lipinski definition) is 5. The number of nitrogen functional groups attached to an aromatic ring is 1. The van der Waals surface area contributed by atoms with E-state index in [1.165, 1.54) is 30.0 Å². The van der Waals surface area contributed by atoms with Crippen molar-refractivity contribution >= 4 is 40.9 Å². The number of hydrogen-bond donors (Lipinski definition) is 2. The molecule has 1 fully saturated rings. The predicted molar refractivity (Wildman–Crippen MR) is 91.0 cm³/mol. The highest BCUT2D eigenvalue weighted by atomic mass is 32.2. The summed E-state index contributed by atoms with van der Waals surface area (Å²) in [5, 5.41) is 8.48. The van der Waals surface area contributed by atoms with Gasteiger partial charge in [-0.25, -0.2) is 9.69 Å². The van der Waals surface area contributed by atoms with Gasteiger partial charge in [-0.3, -0.25) is 9.59 Å². The fourth-order valence-corrected chi connectivity index (χ4v) is 3.59.